The molecule has 0 unspecified atom stereocenters. The van der Waals surface area contributed by atoms with Gasteiger partial charge in [0, 0.05) is 35.9 Å². The van der Waals surface area contributed by atoms with Crippen LogP contribution in [0, 0.1) is 0 Å². The Bertz CT molecular complexity index is 652. The predicted octanol–water partition coefficient (Wildman–Crippen LogP) is 2.74. The number of thiazole rings is 1. The molecule has 2 aromatic rings. The molecular weight excluding hydrogens is 320 g/mol. The van der Waals surface area contributed by atoms with Crippen molar-refractivity contribution in [3.8, 4) is 10.6 Å². The number of nitrogens with zero attached hydrogens (tertiary/aromatic N) is 3. The third-order valence-corrected chi connectivity index (χ3v) is 5.27. The highest BCUT2D eigenvalue weighted by atomic mass is 32.1. The minimum Gasteiger partial charge on any atom is -0.339 e. The van der Waals surface area contributed by atoms with Gasteiger partial charge in [-0.15, -0.1) is 11.3 Å². The van der Waals surface area contributed by atoms with Gasteiger partial charge in [0.15, 0.2) is 0 Å². The first-order chi connectivity index (χ1) is 11.8. The second kappa shape index (κ2) is 8.35. The van der Waals surface area contributed by atoms with Crippen molar-refractivity contribution < 1.29 is 4.79 Å². The molecule has 1 fully saturated rings. The maximum absolute atomic E-state index is 12.8. The molecule has 1 aliphatic heterocycles. The van der Waals surface area contributed by atoms with Crippen molar-refractivity contribution >= 4 is 17.2 Å². The number of carbonyl (C=O) groups excluding carboxylic acids is 1. The third kappa shape index (κ3) is 4.19. The zero-order valence-electron chi connectivity index (χ0n) is 14.1. The van der Waals surface area contributed by atoms with E-state index in [1.54, 1.807) is 17.5 Å². The summed E-state index contributed by atoms with van der Waals surface area (Å²) in [5.74, 6) is 0.201. The quantitative estimate of drug-likeness (QED) is 0.875. The number of hydrogen-bond donors (Lipinski definition) is 1. The van der Waals surface area contributed by atoms with Crippen LogP contribution in [0.25, 0.3) is 10.6 Å². The Hall–Kier alpha value is -1.79. The molecule has 0 atom stereocenters. The SMILES string of the molecule is CCCN(C(=O)Cc1csc(-c2cccnc2)n1)C1CCNCC1. The molecule has 0 bridgehead atoms. The minimum atomic E-state index is 0.201. The summed E-state index contributed by atoms with van der Waals surface area (Å²) in [4.78, 5) is 23.6. The van der Waals surface area contributed by atoms with Gasteiger partial charge in [-0.2, -0.15) is 0 Å². The van der Waals surface area contributed by atoms with Crippen LogP contribution in [0.5, 0.6) is 0 Å². The van der Waals surface area contributed by atoms with Gasteiger partial charge in [-0.05, 0) is 44.5 Å². The summed E-state index contributed by atoms with van der Waals surface area (Å²) >= 11 is 1.57. The Morgan fingerprint density at radius 1 is 1.42 bits per heavy atom. The molecule has 3 heterocycles. The van der Waals surface area contributed by atoms with E-state index in [2.05, 4.69) is 27.1 Å². The molecule has 1 aliphatic rings. The largest absolute Gasteiger partial charge is 0.339 e. The van der Waals surface area contributed by atoms with Crippen molar-refractivity contribution in [2.75, 3.05) is 19.6 Å². The van der Waals surface area contributed by atoms with E-state index in [4.69, 9.17) is 0 Å². The van der Waals surface area contributed by atoms with Crippen LogP contribution in [-0.2, 0) is 11.2 Å². The van der Waals surface area contributed by atoms with E-state index in [-0.39, 0.29) is 5.91 Å². The molecular formula is C18H24N4OS. The van der Waals surface area contributed by atoms with Crippen molar-refractivity contribution in [2.24, 2.45) is 0 Å². The Morgan fingerprint density at radius 3 is 2.96 bits per heavy atom. The molecule has 0 aliphatic carbocycles. The van der Waals surface area contributed by atoms with Gasteiger partial charge in [0.2, 0.25) is 5.91 Å². The van der Waals surface area contributed by atoms with Gasteiger partial charge in [-0.1, -0.05) is 6.92 Å². The fourth-order valence-corrected chi connectivity index (χ4v) is 3.95. The first-order valence-corrected chi connectivity index (χ1v) is 9.51. The Balaban J connectivity index is 1.67. The van der Waals surface area contributed by atoms with E-state index in [9.17, 15) is 4.79 Å². The molecule has 2 aromatic heterocycles. The van der Waals surface area contributed by atoms with Crippen LogP contribution in [0.2, 0.25) is 0 Å². The molecule has 1 amide bonds. The van der Waals surface area contributed by atoms with Crippen LogP contribution < -0.4 is 5.32 Å². The lowest BCUT2D eigenvalue weighted by Gasteiger charge is -2.34. The molecule has 5 nitrogen and oxygen atoms in total. The molecule has 6 heteroatoms. The number of carbonyl (C=O) groups is 1. The Labute approximate surface area is 147 Å². The van der Waals surface area contributed by atoms with E-state index in [1.165, 1.54) is 0 Å². The van der Waals surface area contributed by atoms with E-state index < -0.39 is 0 Å². The van der Waals surface area contributed by atoms with E-state index >= 15 is 0 Å². The van der Waals surface area contributed by atoms with Crippen LogP contribution in [0.1, 0.15) is 31.9 Å². The van der Waals surface area contributed by atoms with Gasteiger partial charge in [0.05, 0.1) is 12.1 Å². The standard InChI is InChI=1S/C18H24N4OS/c1-2-10-22(16-5-8-19-9-6-16)17(23)11-15-13-24-18(21-15)14-4-3-7-20-12-14/h3-4,7,12-13,16,19H,2,5-6,8-11H2,1H3. The predicted molar refractivity (Wildman–Crippen MR) is 96.9 cm³/mol. The number of rotatable bonds is 6. The number of hydrogen-bond acceptors (Lipinski definition) is 5. The van der Waals surface area contributed by atoms with Crippen LogP contribution >= 0.6 is 11.3 Å². The van der Waals surface area contributed by atoms with Gasteiger partial charge in [-0.25, -0.2) is 4.98 Å². The van der Waals surface area contributed by atoms with Gasteiger partial charge in [0.1, 0.15) is 5.01 Å². The molecule has 1 N–H and O–H groups in total. The second-order valence-electron chi connectivity index (χ2n) is 6.13. The number of aromatic nitrogens is 2. The smallest absolute Gasteiger partial charge is 0.228 e. The van der Waals surface area contributed by atoms with Crippen LogP contribution in [-0.4, -0.2) is 46.5 Å². The molecule has 1 saturated heterocycles. The summed E-state index contributed by atoms with van der Waals surface area (Å²) in [7, 11) is 0. The fraction of sp³-hybridized carbons (Fsp3) is 0.500. The van der Waals surface area contributed by atoms with Crippen molar-refractivity contribution in [1.82, 2.24) is 20.2 Å². The highest BCUT2D eigenvalue weighted by Gasteiger charge is 2.25. The molecule has 0 spiro atoms. The Kier molecular flexibility index (Phi) is 5.93. The lowest BCUT2D eigenvalue weighted by atomic mass is 10.0. The maximum atomic E-state index is 12.8. The summed E-state index contributed by atoms with van der Waals surface area (Å²) in [6, 6.07) is 4.27. The van der Waals surface area contributed by atoms with Crippen molar-refractivity contribution in [3.05, 3.63) is 35.6 Å². The van der Waals surface area contributed by atoms with Crippen LogP contribution in [0.3, 0.4) is 0 Å². The van der Waals surface area contributed by atoms with E-state index in [0.29, 0.717) is 12.5 Å². The van der Waals surface area contributed by atoms with Gasteiger partial charge >= 0.3 is 0 Å². The van der Waals surface area contributed by atoms with Gasteiger partial charge < -0.3 is 10.2 Å². The first-order valence-electron chi connectivity index (χ1n) is 8.63. The number of pyridine rings is 1. The molecule has 0 aromatic carbocycles. The van der Waals surface area contributed by atoms with Crippen molar-refractivity contribution in [2.45, 2.75) is 38.6 Å². The monoisotopic (exact) mass is 344 g/mol. The summed E-state index contributed by atoms with van der Waals surface area (Å²) < 4.78 is 0. The Morgan fingerprint density at radius 2 is 2.25 bits per heavy atom. The third-order valence-electron chi connectivity index (χ3n) is 4.33. The van der Waals surface area contributed by atoms with Crippen LogP contribution in [0.4, 0.5) is 0 Å². The summed E-state index contributed by atoms with van der Waals surface area (Å²) in [5, 5.41) is 6.29. The van der Waals surface area contributed by atoms with Crippen LogP contribution in [0.15, 0.2) is 29.9 Å². The lowest BCUT2D eigenvalue weighted by Crippen LogP contribution is -2.47. The zero-order chi connectivity index (χ0) is 16.8. The summed E-state index contributed by atoms with van der Waals surface area (Å²) in [5.41, 5.74) is 1.86. The molecule has 0 saturated carbocycles. The number of amides is 1. The van der Waals surface area contributed by atoms with Gasteiger partial charge in [0.25, 0.3) is 0 Å². The lowest BCUT2D eigenvalue weighted by molar-refractivity contribution is -0.133. The average molecular weight is 344 g/mol. The summed E-state index contributed by atoms with van der Waals surface area (Å²) in [6.45, 7) is 4.97. The molecule has 0 radical (unpaired) electrons. The highest BCUT2D eigenvalue weighted by Crippen LogP contribution is 2.23. The maximum Gasteiger partial charge on any atom is 0.228 e. The normalized spacial score (nSPS) is 15.4. The van der Waals surface area contributed by atoms with Crippen molar-refractivity contribution in [3.63, 3.8) is 0 Å². The topological polar surface area (TPSA) is 58.1 Å². The number of piperidine rings is 1. The highest BCUT2D eigenvalue weighted by molar-refractivity contribution is 7.13. The van der Waals surface area contributed by atoms with E-state index in [1.807, 2.05) is 23.7 Å². The van der Waals surface area contributed by atoms with Gasteiger partial charge in [-0.3, -0.25) is 9.78 Å². The first kappa shape index (κ1) is 17.0. The second-order valence-corrected chi connectivity index (χ2v) is 6.99. The fourth-order valence-electron chi connectivity index (χ4n) is 3.14. The molecule has 128 valence electrons. The van der Waals surface area contributed by atoms with Crippen molar-refractivity contribution in [1.29, 1.82) is 0 Å². The molecule has 3 rings (SSSR count). The zero-order valence-corrected chi connectivity index (χ0v) is 14.9. The summed E-state index contributed by atoms with van der Waals surface area (Å²) in [6.07, 6.45) is 7.04. The minimum absolute atomic E-state index is 0.201. The molecule has 24 heavy (non-hydrogen) atoms. The average Bonchev–Trinajstić information content (AvgIpc) is 3.09. The van der Waals surface area contributed by atoms with E-state index in [0.717, 1.165) is 55.2 Å². The number of nitrogens with one attached hydrogen (secondary N) is 1.